The number of amides is 1. The summed E-state index contributed by atoms with van der Waals surface area (Å²) in [6.45, 7) is 2.37. The monoisotopic (exact) mass is 393 g/mol. The van der Waals surface area contributed by atoms with Gasteiger partial charge in [0.15, 0.2) is 18.5 Å². The van der Waals surface area contributed by atoms with E-state index in [1.807, 2.05) is 0 Å². The molecular formula is C19H17ClFNO5. The number of rotatable bonds is 7. The lowest BCUT2D eigenvalue weighted by atomic mass is 10.1. The third-order valence-corrected chi connectivity index (χ3v) is 3.75. The molecule has 8 heteroatoms. The zero-order valence-electron chi connectivity index (χ0n) is 14.6. The molecule has 0 bridgehead atoms. The molecule has 0 unspecified atom stereocenters. The van der Waals surface area contributed by atoms with Crippen molar-refractivity contribution in [3.63, 3.8) is 0 Å². The fourth-order valence-electron chi connectivity index (χ4n) is 2.05. The number of anilines is 1. The third-order valence-electron chi connectivity index (χ3n) is 3.46. The standard InChI is InChI=1S/C19H17ClFNO5/c1-11(23)13-4-3-5-15(8-13)26-10-18(24)27-12(2)19(25)22-14-6-7-17(21)16(20)9-14/h3-9,12H,10H2,1-2H3,(H,22,25)/t12-/m1/s1. The summed E-state index contributed by atoms with van der Waals surface area (Å²) in [5.41, 5.74) is 0.721. The molecular weight excluding hydrogens is 377 g/mol. The number of halogens is 2. The van der Waals surface area contributed by atoms with Gasteiger partial charge in [-0.3, -0.25) is 9.59 Å². The predicted molar refractivity (Wildman–Crippen MR) is 97.5 cm³/mol. The Bertz CT molecular complexity index is 871. The molecule has 1 atom stereocenters. The normalized spacial score (nSPS) is 11.4. The molecule has 1 N–H and O–H groups in total. The average molecular weight is 394 g/mol. The van der Waals surface area contributed by atoms with E-state index in [-0.39, 0.29) is 16.5 Å². The second-order valence-electron chi connectivity index (χ2n) is 5.62. The van der Waals surface area contributed by atoms with Gasteiger partial charge in [0.1, 0.15) is 11.6 Å². The van der Waals surface area contributed by atoms with Crippen LogP contribution in [0.2, 0.25) is 5.02 Å². The smallest absolute Gasteiger partial charge is 0.344 e. The lowest BCUT2D eigenvalue weighted by molar-refractivity contribution is -0.155. The van der Waals surface area contributed by atoms with Crippen LogP contribution < -0.4 is 10.1 Å². The number of esters is 1. The Morgan fingerprint density at radius 1 is 1.19 bits per heavy atom. The summed E-state index contributed by atoms with van der Waals surface area (Å²) in [5.74, 6) is -1.78. The number of hydrogen-bond donors (Lipinski definition) is 1. The van der Waals surface area contributed by atoms with Gasteiger partial charge in [-0.25, -0.2) is 9.18 Å². The molecule has 0 heterocycles. The third kappa shape index (κ3) is 6.07. The highest BCUT2D eigenvalue weighted by atomic mass is 35.5. The highest BCUT2D eigenvalue weighted by Gasteiger charge is 2.19. The van der Waals surface area contributed by atoms with E-state index in [1.165, 1.54) is 32.0 Å². The quantitative estimate of drug-likeness (QED) is 0.573. The Hall–Kier alpha value is -2.93. The van der Waals surface area contributed by atoms with Crippen molar-refractivity contribution in [3.05, 3.63) is 58.9 Å². The van der Waals surface area contributed by atoms with Gasteiger partial charge in [0.25, 0.3) is 5.91 Å². The fourth-order valence-corrected chi connectivity index (χ4v) is 2.23. The molecule has 0 aliphatic heterocycles. The molecule has 0 saturated carbocycles. The van der Waals surface area contributed by atoms with Crippen LogP contribution in [0.25, 0.3) is 0 Å². The molecule has 2 aromatic carbocycles. The fraction of sp³-hybridized carbons (Fsp3) is 0.211. The van der Waals surface area contributed by atoms with Crippen molar-refractivity contribution < 1.29 is 28.2 Å². The van der Waals surface area contributed by atoms with Gasteiger partial charge in [-0.05, 0) is 44.2 Å². The average Bonchev–Trinajstić information content (AvgIpc) is 2.63. The molecule has 0 saturated heterocycles. The molecule has 2 aromatic rings. The molecule has 0 radical (unpaired) electrons. The van der Waals surface area contributed by atoms with E-state index in [4.69, 9.17) is 21.1 Å². The van der Waals surface area contributed by atoms with Crippen LogP contribution >= 0.6 is 11.6 Å². The minimum Gasteiger partial charge on any atom is -0.482 e. The summed E-state index contributed by atoms with van der Waals surface area (Å²) < 4.78 is 23.4. The zero-order chi connectivity index (χ0) is 20.0. The number of hydrogen-bond acceptors (Lipinski definition) is 5. The van der Waals surface area contributed by atoms with Crippen molar-refractivity contribution >= 4 is 34.9 Å². The van der Waals surface area contributed by atoms with Crippen molar-refractivity contribution in [1.29, 1.82) is 0 Å². The summed E-state index contributed by atoms with van der Waals surface area (Å²) >= 11 is 5.64. The Morgan fingerprint density at radius 3 is 2.59 bits per heavy atom. The number of benzene rings is 2. The highest BCUT2D eigenvalue weighted by Crippen LogP contribution is 2.19. The van der Waals surface area contributed by atoms with Crippen LogP contribution in [0.15, 0.2) is 42.5 Å². The number of carbonyl (C=O) groups is 3. The molecule has 0 spiro atoms. The largest absolute Gasteiger partial charge is 0.482 e. The Kier molecular flexibility index (Phi) is 6.90. The number of ketones is 1. The van der Waals surface area contributed by atoms with Crippen LogP contribution in [0.4, 0.5) is 10.1 Å². The first-order valence-electron chi connectivity index (χ1n) is 7.95. The number of ether oxygens (including phenoxy) is 2. The van der Waals surface area contributed by atoms with Gasteiger partial charge in [0.2, 0.25) is 0 Å². The van der Waals surface area contributed by atoms with E-state index in [0.717, 1.165) is 6.07 Å². The van der Waals surface area contributed by atoms with E-state index >= 15 is 0 Å². The first-order valence-corrected chi connectivity index (χ1v) is 8.33. The summed E-state index contributed by atoms with van der Waals surface area (Å²) in [7, 11) is 0. The lowest BCUT2D eigenvalue weighted by Gasteiger charge is -2.14. The maximum Gasteiger partial charge on any atom is 0.344 e. The maximum atomic E-state index is 13.1. The Balaban J connectivity index is 1.85. The van der Waals surface area contributed by atoms with Crippen LogP contribution in [0, 0.1) is 5.82 Å². The number of nitrogens with one attached hydrogen (secondary N) is 1. The minimum absolute atomic E-state index is 0.130. The molecule has 0 aromatic heterocycles. The topological polar surface area (TPSA) is 81.7 Å². The summed E-state index contributed by atoms with van der Waals surface area (Å²) in [5, 5.41) is 2.32. The molecule has 6 nitrogen and oxygen atoms in total. The summed E-state index contributed by atoms with van der Waals surface area (Å²) in [6.07, 6.45) is -1.10. The molecule has 0 fully saturated rings. The van der Waals surface area contributed by atoms with Crippen LogP contribution in [0.1, 0.15) is 24.2 Å². The van der Waals surface area contributed by atoms with Gasteiger partial charge in [-0.15, -0.1) is 0 Å². The minimum atomic E-state index is -1.10. The molecule has 142 valence electrons. The van der Waals surface area contributed by atoms with E-state index in [1.54, 1.807) is 18.2 Å². The predicted octanol–water partition coefficient (Wildman–Crippen LogP) is 3.63. The van der Waals surface area contributed by atoms with Gasteiger partial charge in [0.05, 0.1) is 5.02 Å². The second kappa shape index (κ2) is 9.14. The van der Waals surface area contributed by atoms with Crippen LogP contribution in [-0.4, -0.2) is 30.4 Å². The summed E-state index contributed by atoms with van der Waals surface area (Å²) in [6, 6.07) is 10.0. The first kappa shape index (κ1) is 20.4. The van der Waals surface area contributed by atoms with E-state index < -0.39 is 30.4 Å². The Morgan fingerprint density at radius 2 is 1.93 bits per heavy atom. The zero-order valence-corrected chi connectivity index (χ0v) is 15.4. The van der Waals surface area contributed by atoms with Gasteiger partial charge in [-0.1, -0.05) is 23.7 Å². The SMILES string of the molecule is CC(=O)c1cccc(OCC(=O)O[C@H](C)C(=O)Nc2ccc(F)c(Cl)c2)c1. The Labute approximate surface area is 160 Å². The van der Waals surface area contributed by atoms with Crippen LogP contribution in [-0.2, 0) is 14.3 Å². The molecule has 1 amide bonds. The van der Waals surface area contributed by atoms with Crippen LogP contribution in [0.3, 0.4) is 0 Å². The molecule has 2 rings (SSSR count). The van der Waals surface area contributed by atoms with Crippen molar-refractivity contribution in [2.45, 2.75) is 20.0 Å². The van der Waals surface area contributed by atoms with Gasteiger partial charge in [0, 0.05) is 11.3 Å². The number of Topliss-reactive ketones (excluding diaryl/α,β-unsaturated/α-hetero) is 1. The maximum absolute atomic E-state index is 13.1. The van der Waals surface area contributed by atoms with Crippen molar-refractivity contribution in [2.75, 3.05) is 11.9 Å². The van der Waals surface area contributed by atoms with E-state index in [2.05, 4.69) is 5.32 Å². The van der Waals surface area contributed by atoms with Gasteiger partial charge < -0.3 is 14.8 Å². The number of carbonyl (C=O) groups excluding carboxylic acids is 3. The van der Waals surface area contributed by atoms with Crippen LogP contribution in [0.5, 0.6) is 5.75 Å². The molecule has 0 aliphatic carbocycles. The van der Waals surface area contributed by atoms with Crippen molar-refractivity contribution in [3.8, 4) is 5.75 Å². The molecule has 27 heavy (non-hydrogen) atoms. The van der Waals surface area contributed by atoms with Crippen molar-refractivity contribution in [2.24, 2.45) is 0 Å². The second-order valence-corrected chi connectivity index (χ2v) is 6.03. The van der Waals surface area contributed by atoms with E-state index in [9.17, 15) is 18.8 Å². The van der Waals surface area contributed by atoms with Gasteiger partial charge >= 0.3 is 5.97 Å². The van der Waals surface area contributed by atoms with Crippen molar-refractivity contribution in [1.82, 2.24) is 0 Å². The lowest BCUT2D eigenvalue weighted by Crippen LogP contribution is -2.31. The summed E-state index contributed by atoms with van der Waals surface area (Å²) in [4.78, 5) is 35.2. The molecule has 0 aliphatic rings. The first-order chi connectivity index (χ1) is 12.8. The van der Waals surface area contributed by atoms with E-state index in [0.29, 0.717) is 11.3 Å². The highest BCUT2D eigenvalue weighted by molar-refractivity contribution is 6.31. The van der Waals surface area contributed by atoms with Gasteiger partial charge in [-0.2, -0.15) is 0 Å².